The van der Waals surface area contributed by atoms with Gasteiger partial charge >= 0.3 is 0 Å². The lowest BCUT2D eigenvalue weighted by molar-refractivity contribution is 0.415. The fourth-order valence-electron chi connectivity index (χ4n) is 1.62. The highest BCUT2D eigenvalue weighted by Crippen LogP contribution is 2.28. The Kier molecular flexibility index (Phi) is 5.16. The third-order valence-corrected chi connectivity index (χ3v) is 2.95. The summed E-state index contributed by atoms with van der Waals surface area (Å²) in [6, 6.07) is 5.36. The van der Waals surface area contributed by atoms with E-state index < -0.39 is 0 Å². The fraction of sp³-hybridized carbons (Fsp3) is 0.357. The molecule has 0 bridgehead atoms. The first-order valence-corrected chi connectivity index (χ1v) is 7.00. The molecular weight excluding hydrogens is 290 g/mol. The summed E-state index contributed by atoms with van der Waals surface area (Å²) in [6.45, 7) is 5.08. The van der Waals surface area contributed by atoms with E-state index in [-0.39, 0.29) is 0 Å². The van der Waals surface area contributed by atoms with Crippen LogP contribution in [0.5, 0.6) is 5.75 Å². The molecule has 112 valence electrons. The van der Waals surface area contributed by atoms with Crippen molar-refractivity contribution in [2.75, 3.05) is 24.3 Å². The number of methoxy groups -OCH3 is 1. The number of aromatic nitrogens is 3. The lowest BCUT2D eigenvalue weighted by Crippen LogP contribution is -2.10. The molecule has 1 aromatic carbocycles. The average Bonchev–Trinajstić information content (AvgIpc) is 2.46. The van der Waals surface area contributed by atoms with E-state index in [0.29, 0.717) is 28.5 Å². The van der Waals surface area contributed by atoms with Gasteiger partial charge in [0.2, 0.25) is 5.95 Å². The number of nitrogens with zero attached hydrogens (tertiary/aromatic N) is 3. The van der Waals surface area contributed by atoms with Gasteiger partial charge in [-0.3, -0.25) is 0 Å². The first kappa shape index (κ1) is 15.3. The Bertz CT molecular complexity index is 606. The van der Waals surface area contributed by atoms with Crippen LogP contribution in [0.25, 0.3) is 0 Å². The van der Waals surface area contributed by atoms with Crippen LogP contribution in [0.15, 0.2) is 24.4 Å². The summed E-state index contributed by atoms with van der Waals surface area (Å²) < 4.78 is 5.11. The van der Waals surface area contributed by atoms with Gasteiger partial charge in [-0.1, -0.05) is 25.4 Å². The molecule has 0 unspecified atom stereocenters. The van der Waals surface area contributed by atoms with E-state index in [1.165, 1.54) is 0 Å². The molecule has 0 radical (unpaired) electrons. The monoisotopic (exact) mass is 307 g/mol. The van der Waals surface area contributed by atoms with Gasteiger partial charge < -0.3 is 15.4 Å². The SMILES string of the molecule is COc1ccc(Nc2nncc(NCC(C)C)n2)cc1Cl. The van der Waals surface area contributed by atoms with Gasteiger partial charge in [-0.25, -0.2) is 0 Å². The van der Waals surface area contributed by atoms with E-state index in [1.54, 1.807) is 25.4 Å². The summed E-state index contributed by atoms with van der Waals surface area (Å²) in [4.78, 5) is 4.34. The quantitative estimate of drug-likeness (QED) is 0.852. The number of ether oxygens (including phenoxy) is 1. The highest BCUT2D eigenvalue weighted by Gasteiger charge is 2.05. The van der Waals surface area contributed by atoms with Crippen LogP contribution >= 0.6 is 11.6 Å². The van der Waals surface area contributed by atoms with Crippen molar-refractivity contribution in [2.24, 2.45) is 5.92 Å². The summed E-state index contributed by atoms with van der Waals surface area (Å²) >= 11 is 6.08. The van der Waals surface area contributed by atoms with Crippen LogP contribution in [0, 0.1) is 5.92 Å². The molecule has 1 aromatic heterocycles. The van der Waals surface area contributed by atoms with Crippen molar-refractivity contribution in [3.05, 3.63) is 29.4 Å². The summed E-state index contributed by atoms with van der Waals surface area (Å²) in [6.07, 6.45) is 1.59. The van der Waals surface area contributed by atoms with Gasteiger partial charge in [0.05, 0.1) is 18.3 Å². The van der Waals surface area contributed by atoms with Crippen molar-refractivity contribution >= 4 is 29.1 Å². The normalized spacial score (nSPS) is 10.5. The molecule has 2 N–H and O–H groups in total. The number of benzene rings is 1. The minimum absolute atomic E-state index is 0.407. The molecule has 2 rings (SSSR count). The van der Waals surface area contributed by atoms with E-state index in [9.17, 15) is 0 Å². The standard InChI is InChI=1S/C14H18ClN5O/c1-9(2)7-16-13-8-17-20-14(19-13)18-10-4-5-12(21-3)11(15)6-10/h4-6,8-9H,7H2,1-3H3,(H2,16,18,19,20). The van der Waals surface area contributed by atoms with Gasteiger partial charge in [-0.2, -0.15) is 10.1 Å². The number of rotatable bonds is 6. The Balaban J connectivity index is 2.08. The smallest absolute Gasteiger partial charge is 0.249 e. The second-order valence-electron chi connectivity index (χ2n) is 4.91. The van der Waals surface area contributed by atoms with Crippen LogP contribution in [0.3, 0.4) is 0 Å². The Hall–Kier alpha value is -2.08. The Morgan fingerprint density at radius 2 is 2.14 bits per heavy atom. The van der Waals surface area contributed by atoms with E-state index in [0.717, 1.165) is 12.2 Å². The van der Waals surface area contributed by atoms with Crippen molar-refractivity contribution in [2.45, 2.75) is 13.8 Å². The van der Waals surface area contributed by atoms with Crippen LogP contribution in [0.4, 0.5) is 17.5 Å². The van der Waals surface area contributed by atoms with E-state index in [1.807, 2.05) is 6.07 Å². The van der Waals surface area contributed by atoms with Crippen molar-refractivity contribution in [1.29, 1.82) is 0 Å². The van der Waals surface area contributed by atoms with Gasteiger partial charge in [0.25, 0.3) is 0 Å². The molecule has 1 heterocycles. The molecule has 7 heteroatoms. The zero-order valence-electron chi connectivity index (χ0n) is 12.2. The fourth-order valence-corrected chi connectivity index (χ4v) is 1.88. The summed E-state index contributed by atoms with van der Waals surface area (Å²) in [5.41, 5.74) is 0.767. The van der Waals surface area contributed by atoms with Gasteiger partial charge in [0, 0.05) is 12.2 Å². The van der Waals surface area contributed by atoms with Crippen molar-refractivity contribution in [3.63, 3.8) is 0 Å². The number of hydrogen-bond donors (Lipinski definition) is 2. The second-order valence-corrected chi connectivity index (χ2v) is 5.32. The summed E-state index contributed by atoms with van der Waals surface area (Å²) in [5, 5.41) is 14.6. The maximum absolute atomic E-state index is 6.08. The van der Waals surface area contributed by atoms with Crippen LogP contribution in [-0.2, 0) is 0 Å². The highest BCUT2D eigenvalue weighted by atomic mass is 35.5. The molecule has 0 aliphatic heterocycles. The minimum atomic E-state index is 0.407. The highest BCUT2D eigenvalue weighted by molar-refractivity contribution is 6.32. The maximum atomic E-state index is 6.08. The summed E-state index contributed by atoms with van der Waals surface area (Å²) in [7, 11) is 1.57. The third-order valence-electron chi connectivity index (χ3n) is 2.66. The number of halogens is 1. The lowest BCUT2D eigenvalue weighted by Gasteiger charge is -2.10. The Morgan fingerprint density at radius 3 is 2.81 bits per heavy atom. The lowest BCUT2D eigenvalue weighted by atomic mass is 10.2. The molecular formula is C14H18ClN5O. The predicted molar refractivity (Wildman–Crippen MR) is 84.4 cm³/mol. The number of anilines is 3. The molecule has 0 aliphatic rings. The van der Waals surface area contributed by atoms with Gasteiger partial charge in [0.1, 0.15) is 5.75 Å². The third kappa shape index (κ3) is 4.46. The zero-order valence-corrected chi connectivity index (χ0v) is 13.0. The molecule has 0 atom stereocenters. The second kappa shape index (κ2) is 7.08. The molecule has 0 aliphatic carbocycles. The van der Waals surface area contributed by atoms with Crippen molar-refractivity contribution < 1.29 is 4.74 Å². The van der Waals surface area contributed by atoms with Gasteiger partial charge in [0.15, 0.2) is 5.82 Å². The number of hydrogen-bond acceptors (Lipinski definition) is 6. The predicted octanol–water partition coefficient (Wildman–Crippen LogP) is 3.35. The Labute approximate surface area is 128 Å². The molecule has 0 saturated carbocycles. The zero-order chi connectivity index (χ0) is 15.2. The van der Waals surface area contributed by atoms with Crippen LogP contribution < -0.4 is 15.4 Å². The minimum Gasteiger partial charge on any atom is -0.495 e. The van der Waals surface area contributed by atoms with Gasteiger partial charge in [-0.05, 0) is 24.1 Å². The first-order valence-electron chi connectivity index (χ1n) is 6.62. The first-order chi connectivity index (χ1) is 10.1. The summed E-state index contributed by atoms with van der Waals surface area (Å²) in [5.74, 6) is 2.23. The molecule has 0 fully saturated rings. The van der Waals surface area contributed by atoms with E-state index >= 15 is 0 Å². The molecule has 21 heavy (non-hydrogen) atoms. The van der Waals surface area contributed by atoms with Crippen LogP contribution in [-0.4, -0.2) is 28.8 Å². The molecule has 0 amide bonds. The Morgan fingerprint density at radius 1 is 1.33 bits per heavy atom. The largest absolute Gasteiger partial charge is 0.495 e. The van der Waals surface area contributed by atoms with Crippen molar-refractivity contribution in [1.82, 2.24) is 15.2 Å². The molecule has 6 nitrogen and oxygen atoms in total. The van der Waals surface area contributed by atoms with Crippen molar-refractivity contribution in [3.8, 4) is 5.75 Å². The van der Waals surface area contributed by atoms with Gasteiger partial charge in [-0.15, -0.1) is 5.10 Å². The van der Waals surface area contributed by atoms with E-state index in [4.69, 9.17) is 16.3 Å². The maximum Gasteiger partial charge on any atom is 0.249 e. The molecule has 0 saturated heterocycles. The average molecular weight is 308 g/mol. The molecule has 2 aromatic rings. The van der Waals surface area contributed by atoms with E-state index in [2.05, 4.69) is 39.7 Å². The topological polar surface area (TPSA) is 72.0 Å². The molecule has 0 spiro atoms. The van der Waals surface area contributed by atoms with Crippen LogP contribution in [0.1, 0.15) is 13.8 Å². The number of nitrogens with one attached hydrogen (secondary N) is 2. The van der Waals surface area contributed by atoms with Crippen LogP contribution in [0.2, 0.25) is 5.02 Å².